The molecule has 2 aromatic rings. The second-order valence-corrected chi connectivity index (χ2v) is 5.91. The van der Waals surface area contributed by atoms with Gasteiger partial charge in [-0.25, -0.2) is 0 Å². The molecule has 22 heavy (non-hydrogen) atoms. The number of fused-ring (bicyclic) bond motifs is 1. The summed E-state index contributed by atoms with van der Waals surface area (Å²) >= 11 is 0. The highest BCUT2D eigenvalue weighted by Gasteiger charge is 2.34. The fourth-order valence-corrected chi connectivity index (χ4v) is 3.00. The number of aromatic nitrogens is 3. The maximum absolute atomic E-state index is 12.7. The van der Waals surface area contributed by atoms with E-state index in [-0.39, 0.29) is 11.9 Å². The summed E-state index contributed by atoms with van der Waals surface area (Å²) in [7, 11) is 1.84. The van der Waals surface area contributed by atoms with Crippen LogP contribution in [0.3, 0.4) is 0 Å². The molecule has 3 rings (SSSR count). The lowest BCUT2D eigenvalue weighted by Crippen LogP contribution is -2.41. The Morgan fingerprint density at radius 3 is 2.73 bits per heavy atom. The van der Waals surface area contributed by atoms with Crippen LogP contribution in [-0.4, -0.2) is 32.6 Å². The first-order chi connectivity index (χ1) is 10.7. The van der Waals surface area contributed by atoms with E-state index >= 15 is 0 Å². The first-order valence-corrected chi connectivity index (χ1v) is 7.92. The molecule has 1 aromatic carbocycles. The molecule has 0 bridgehead atoms. The molecule has 1 amide bonds. The second-order valence-electron chi connectivity index (χ2n) is 5.91. The number of hydrogen-bond donors (Lipinski definition) is 0. The van der Waals surface area contributed by atoms with Crippen LogP contribution in [0.4, 0.5) is 0 Å². The van der Waals surface area contributed by atoms with Gasteiger partial charge in [-0.2, -0.15) is 0 Å². The number of rotatable bonds is 5. The van der Waals surface area contributed by atoms with Crippen molar-refractivity contribution in [3.63, 3.8) is 0 Å². The van der Waals surface area contributed by atoms with Gasteiger partial charge in [0.25, 0.3) is 0 Å². The van der Waals surface area contributed by atoms with Gasteiger partial charge in [0.05, 0.1) is 6.54 Å². The molecule has 2 heterocycles. The van der Waals surface area contributed by atoms with E-state index in [2.05, 4.69) is 33.8 Å². The largest absolute Gasteiger partial charge is 0.336 e. The molecule has 0 aliphatic carbocycles. The molecule has 0 saturated heterocycles. The minimum Gasteiger partial charge on any atom is -0.336 e. The Morgan fingerprint density at radius 1 is 1.23 bits per heavy atom. The lowest BCUT2D eigenvalue weighted by atomic mass is 10.0. The molecule has 0 N–H and O–H groups in total. The molecule has 1 aliphatic heterocycles. The van der Waals surface area contributed by atoms with E-state index in [1.54, 1.807) is 4.90 Å². The van der Waals surface area contributed by atoms with E-state index < -0.39 is 0 Å². The van der Waals surface area contributed by atoms with Gasteiger partial charge in [0.1, 0.15) is 11.9 Å². The second kappa shape index (κ2) is 6.30. The smallest absolute Gasteiger partial charge is 0.246 e. The molecule has 5 heteroatoms. The van der Waals surface area contributed by atoms with Crippen molar-refractivity contribution < 1.29 is 4.79 Å². The first-order valence-electron chi connectivity index (χ1n) is 7.92. The summed E-state index contributed by atoms with van der Waals surface area (Å²) in [5, 5.41) is 8.64. The van der Waals surface area contributed by atoms with E-state index in [0.717, 1.165) is 36.5 Å². The molecular formula is C17H22N4O. The van der Waals surface area contributed by atoms with Crippen LogP contribution in [0, 0.1) is 0 Å². The van der Waals surface area contributed by atoms with Crippen LogP contribution in [0.15, 0.2) is 30.3 Å². The van der Waals surface area contributed by atoms with Crippen molar-refractivity contribution in [3.8, 4) is 0 Å². The molecule has 116 valence electrons. The average Bonchev–Trinajstić information content (AvgIpc) is 2.93. The van der Waals surface area contributed by atoms with Gasteiger partial charge in [-0.3, -0.25) is 4.79 Å². The predicted octanol–water partition coefficient (Wildman–Crippen LogP) is 2.38. The molecule has 1 atom stereocenters. The SMILES string of the molecule is CCCCc1nnc2n1[C@@H](Cc1ccccc1)C(=O)N(C)C2. The average molecular weight is 298 g/mol. The number of amides is 1. The summed E-state index contributed by atoms with van der Waals surface area (Å²) in [5.74, 6) is 1.99. The van der Waals surface area contributed by atoms with Crippen molar-refractivity contribution in [2.24, 2.45) is 0 Å². The Labute approximate surface area is 131 Å². The van der Waals surface area contributed by atoms with Gasteiger partial charge < -0.3 is 9.47 Å². The van der Waals surface area contributed by atoms with E-state index in [0.29, 0.717) is 13.0 Å². The van der Waals surface area contributed by atoms with Gasteiger partial charge >= 0.3 is 0 Å². The molecule has 1 aliphatic rings. The Balaban J connectivity index is 1.94. The zero-order chi connectivity index (χ0) is 15.5. The van der Waals surface area contributed by atoms with Gasteiger partial charge in [0.15, 0.2) is 5.82 Å². The predicted molar refractivity (Wildman–Crippen MR) is 84.3 cm³/mol. The zero-order valence-corrected chi connectivity index (χ0v) is 13.2. The van der Waals surface area contributed by atoms with Gasteiger partial charge in [-0.05, 0) is 12.0 Å². The maximum Gasteiger partial charge on any atom is 0.246 e. The molecular weight excluding hydrogens is 276 g/mol. The highest BCUT2D eigenvalue weighted by Crippen LogP contribution is 2.26. The number of nitrogens with zero attached hydrogens (tertiary/aromatic N) is 4. The minimum absolute atomic E-state index is 0.147. The summed E-state index contributed by atoms with van der Waals surface area (Å²) in [6.45, 7) is 2.71. The van der Waals surface area contributed by atoms with Crippen molar-refractivity contribution in [2.75, 3.05) is 7.05 Å². The number of carbonyl (C=O) groups is 1. The molecule has 5 nitrogen and oxygen atoms in total. The van der Waals surface area contributed by atoms with Crippen LogP contribution in [0.1, 0.15) is 43.0 Å². The van der Waals surface area contributed by atoms with Crippen molar-refractivity contribution in [1.82, 2.24) is 19.7 Å². The molecule has 0 fully saturated rings. The first kappa shape index (κ1) is 14.8. The molecule has 0 radical (unpaired) electrons. The Hall–Kier alpha value is -2.17. The quantitative estimate of drug-likeness (QED) is 0.851. The lowest BCUT2D eigenvalue weighted by Gasteiger charge is -2.31. The number of aryl methyl sites for hydroxylation is 1. The van der Waals surface area contributed by atoms with Gasteiger partial charge in [-0.15, -0.1) is 10.2 Å². The zero-order valence-electron chi connectivity index (χ0n) is 13.2. The van der Waals surface area contributed by atoms with Crippen molar-refractivity contribution in [3.05, 3.63) is 47.5 Å². The number of likely N-dealkylation sites (N-methyl/N-ethyl adjacent to an activating group) is 1. The van der Waals surface area contributed by atoms with Crippen LogP contribution in [0.5, 0.6) is 0 Å². The Kier molecular flexibility index (Phi) is 4.22. The Morgan fingerprint density at radius 2 is 2.00 bits per heavy atom. The highest BCUT2D eigenvalue weighted by atomic mass is 16.2. The maximum atomic E-state index is 12.7. The van der Waals surface area contributed by atoms with Crippen LogP contribution in [0.2, 0.25) is 0 Å². The third kappa shape index (κ3) is 2.75. The Bertz CT molecular complexity index is 650. The van der Waals surface area contributed by atoms with E-state index in [4.69, 9.17) is 0 Å². The standard InChI is InChI=1S/C17H22N4O/c1-3-4-10-15-18-19-16-12-20(2)17(22)14(21(15)16)11-13-8-6-5-7-9-13/h5-9,14H,3-4,10-12H2,1-2H3/t14-/m0/s1. The van der Waals surface area contributed by atoms with Crippen molar-refractivity contribution >= 4 is 5.91 Å². The molecule has 0 unspecified atom stereocenters. The van der Waals surface area contributed by atoms with E-state index in [1.165, 1.54) is 0 Å². The topological polar surface area (TPSA) is 51.0 Å². The fourth-order valence-electron chi connectivity index (χ4n) is 3.00. The van der Waals surface area contributed by atoms with Crippen LogP contribution in [-0.2, 0) is 24.2 Å². The van der Waals surface area contributed by atoms with Crippen molar-refractivity contribution in [2.45, 2.75) is 45.2 Å². The normalized spacial score (nSPS) is 17.6. The summed E-state index contributed by atoms with van der Waals surface area (Å²) < 4.78 is 2.07. The number of unbranched alkanes of at least 4 members (excludes halogenated alkanes) is 1. The minimum atomic E-state index is -0.224. The summed E-state index contributed by atoms with van der Waals surface area (Å²) in [4.78, 5) is 14.4. The monoisotopic (exact) mass is 298 g/mol. The highest BCUT2D eigenvalue weighted by molar-refractivity contribution is 5.81. The number of benzene rings is 1. The van der Waals surface area contributed by atoms with Crippen molar-refractivity contribution in [1.29, 1.82) is 0 Å². The number of carbonyl (C=O) groups excluding carboxylic acids is 1. The van der Waals surface area contributed by atoms with Crippen LogP contribution in [0.25, 0.3) is 0 Å². The van der Waals surface area contributed by atoms with Gasteiger partial charge in [0, 0.05) is 19.9 Å². The van der Waals surface area contributed by atoms with Gasteiger partial charge in [-0.1, -0.05) is 43.7 Å². The van der Waals surface area contributed by atoms with E-state index in [9.17, 15) is 4.79 Å². The molecule has 0 saturated carbocycles. The third-order valence-electron chi connectivity index (χ3n) is 4.21. The van der Waals surface area contributed by atoms with Crippen LogP contribution < -0.4 is 0 Å². The fraction of sp³-hybridized carbons (Fsp3) is 0.471. The summed E-state index contributed by atoms with van der Waals surface area (Å²) in [5.41, 5.74) is 1.16. The number of hydrogen-bond acceptors (Lipinski definition) is 3. The van der Waals surface area contributed by atoms with Crippen LogP contribution >= 0.6 is 0 Å². The summed E-state index contributed by atoms with van der Waals surface area (Å²) in [6.07, 6.45) is 3.75. The lowest BCUT2D eigenvalue weighted by molar-refractivity contribution is -0.136. The van der Waals surface area contributed by atoms with E-state index in [1.807, 2.05) is 25.2 Å². The third-order valence-corrected chi connectivity index (χ3v) is 4.21. The molecule has 0 spiro atoms. The summed E-state index contributed by atoms with van der Waals surface area (Å²) in [6, 6.07) is 9.93. The molecule has 1 aromatic heterocycles. The van der Waals surface area contributed by atoms with Gasteiger partial charge in [0.2, 0.25) is 5.91 Å².